The van der Waals surface area contributed by atoms with Crippen LogP contribution < -0.4 is 5.73 Å². The fourth-order valence-electron chi connectivity index (χ4n) is 2.71. The van der Waals surface area contributed by atoms with Gasteiger partial charge in [0.2, 0.25) is 0 Å². The Morgan fingerprint density at radius 2 is 1.76 bits per heavy atom. The summed E-state index contributed by atoms with van der Waals surface area (Å²) < 4.78 is 1.75. The molecule has 2 N–H and O–H groups in total. The molecule has 2 aromatic rings. The average molecular weight is 286 g/mol. The van der Waals surface area contributed by atoms with Crippen LogP contribution in [0.15, 0.2) is 18.3 Å². The summed E-state index contributed by atoms with van der Waals surface area (Å²) in [5, 5.41) is 7.87. The molecule has 0 aliphatic rings. The summed E-state index contributed by atoms with van der Waals surface area (Å²) in [4.78, 5) is 0. The molecule has 1 aromatic heterocycles. The van der Waals surface area contributed by atoms with Gasteiger partial charge in [0.15, 0.2) is 0 Å². The first kappa shape index (κ1) is 15.7. The van der Waals surface area contributed by atoms with E-state index in [2.05, 4.69) is 57.1 Å². The van der Waals surface area contributed by atoms with Crippen molar-refractivity contribution >= 4 is 0 Å². The van der Waals surface area contributed by atoms with Crippen LogP contribution in [-0.2, 0) is 18.9 Å². The molecule has 0 fully saturated rings. The van der Waals surface area contributed by atoms with Gasteiger partial charge < -0.3 is 5.73 Å². The van der Waals surface area contributed by atoms with E-state index in [1.807, 2.05) is 7.05 Å². The Bertz CT molecular complexity index is 611. The van der Waals surface area contributed by atoms with Gasteiger partial charge in [0, 0.05) is 7.05 Å². The second-order valence-corrected chi connectivity index (χ2v) is 6.93. The van der Waals surface area contributed by atoms with E-state index in [4.69, 9.17) is 5.73 Å². The van der Waals surface area contributed by atoms with Crippen LogP contribution in [-0.4, -0.2) is 15.0 Å². The average Bonchev–Trinajstić information content (AvgIpc) is 2.78. The number of nitrogens with zero attached hydrogens (tertiary/aromatic N) is 3. The highest BCUT2D eigenvalue weighted by molar-refractivity contribution is 5.41. The summed E-state index contributed by atoms with van der Waals surface area (Å²) in [7, 11) is 1.88. The van der Waals surface area contributed by atoms with E-state index in [1.54, 1.807) is 10.9 Å². The SMILES string of the molecule is Cc1cc(C(C)(C)C)cc(C)c1CC(N)c1cnnn1C. The van der Waals surface area contributed by atoms with Crippen molar-refractivity contribution in [2.75, 3.05) is 0 Å². The van der Waals surface area contributed by atoms with Gasteiger partial charge in [-0.15, -0.1) is 5.10 Å². The molecule has 2 rings (SSSR count). The summed E-state index contributed by atoms with van der Waals surface area (Å²) in [5.41, 5.74) is 12.8. The van der Waals surface area contributed by atoms with Gasteiger partial charge in [-0.3, -0.25) is 4.68 Å². The van der Waals surface area contributed by atoms with E-state index < -0.39 is 0 Å². The van der Waals surface area contributed by atoms with Crippen LogP contribution >= 0.6 is 0 Å². The molecule has 0 saturated heterocycles. The topological polar surface area (TPSA) is 56.7 Å². The predicted molar refractivity (Wildman–Crippen MR) is 86.3 cm³/mol. The molecule has 0 radical (unpaired) electrons. The molecule has 0 amide bonds. The summed E-state index contributed by atoms with van der Waals surface area (Å²) in [6.07, 6.45) is 2.56. The van der Waals surface area contributed by atoms with E-state index in [1.165, 1.54) is 22.3 Å². The Kier molecular flexibility index (Phi) is 4.19. The van der Waals surface area contributed by atoms with E-state index in [9.17, 15) is 0 Å². The van der Waals surface area contributed by atoms with Crippen LogP contribution in [0, 0.1) is 13.8 Å². The van der Waals surface area contributed by atoms with Gasteiger partial charge in [-0.25, -0.2) is 0 Å². The van der Waals surface area contributed by atoms with Gasteiger partial charge in [-0.05, 0) is 47.9 Å². The third-order valence-electron chi connectivity index (χ3n) is 4.12. The van der Waals surface area contributed by atoms with Crippen LogP contribution in [0.5, 0.6) is 0 Å². The van der Waals surface area contributed by atoms with Gasteiger partial charge in [0.1, 0.15) is 0 Å². The number of benzene rings is 1. The van der Waals surface area contributed by atoms with Crippen LogP contribution in [0.25, 0.3) is 0 Å². The van der Waals surface area contributed by atoms with Crippen molar-refractivity contribution in [1.82, 2.24) is 15.0 Å². The molecule has 1 unspecified atom stereocenters. The minimum atomic E-state index is -0.0807. The molecule has 4 heteroatoms. The van der Waals surface area contributed by atoms with Crippen LogP contribution in [0.1, 0.15) is 54.8 Å². The summed E-state index contributed by atoms with van der Waals surface area (Å²) >= 11 is 0. The zero-order chi connectivity index (χ0) is 15.8. The number of hydrogen-bond donors (Lipinski definition) is 1. The normalized spacial score (nSPS) is 13.5. The van der Waals surface area contributed by atoms with E-state index in [0.717, 1.165) is 12.1 Å². The van der Waals surface area contributed by atoms with Gasteiger partial charge in [0.25, 0.3) is 0 Å². The molecule has 21 heavy (non-hydrogen) atoms. The maximum absolute atomic E-state index is 6.33. The lowest BCUT2D eigenvalue weighted by atomic mass is 9.83. The smallest absolute Gasteiger partial charge is 0.0754 e. The maximum Gasteiger partial charge on any atom is 0.0754 e. The molecule has 1 heterocycles. The highest BCUT2D eigenvalue weighted by Crippen LogP contribution is 2.28. The Morgan fingerprint density at radius 1 is 1.19 bits per heavy atom. The Labute approximate surface area is 127 Å². The van der Waals surface area contributed by atoms with Crippen molar-refractivity contribution in [3.63, 3.8) is 0 Å². The number of nitrogens with two attached hydrogens (primary N) is 1. The zero-order valence-corrected chi connectivity index (χ0v) is 13.9. The molecule has 0 bridgehead atoms. The van der Waals surface area contributed by atoms with Gasteiger partial charge in [-0.1, -0.05) is 38.1 Å². The van der Waals surface area contributed by atoms with Gasteiger partial charge in [-0.2, -0.15) is 0 Å². The largest absolute Gasteiger partial charge is 0.322 e. The second kappa shape index (κ2) is 5.60. The molecule has 0 saturated carbocycles. The van der Waals surface area contributed by atoms with Crippen molar-refractivity contribution in [1.29, 1.82) is 0 Å². The minimum Gasteiger partial charge on any atom is -0.322 e. The molecule has 1 atom stereocenters. The van der Waals surface area contributed by atoms with Crippen molar-refractivity contribution < 1.29 is 0 Å². The molecule has 4 nitrogen and oxygen atoms in total. The van der Waals surface area contributed by atoms with Gasteiger partial charge >= 0.3 is 0 Å². The molecule has 1 aromatic carbocycles. The highest BCUT2D eigenvalue weighted by Gasteiger charge is 2.18. The zero-order valence-electron chi connectivity index (χ0n) is 13.9. The van der Waals surface area contributed by atoms with Gasteiger partial charge in [0.05, 0.1) is 17.9 Å². The first-order valence-corrected chi connectivity index (χ1v) is 7.41. The number of hydrogen-bond acceptors (Lipinski definition) is 3. The third kappa shape index (κ3) is 3.32. The lowest BCUT2D eigenvalue weighted by Gasteiger charge is -2.23. The van der Waals surface area contributed by atoms with Crippen molar-refractivity contribution in [3.05, 3.63) is 46.3 Å². The summed E-state index contributed by atoms with van der Waals surface area (Å²) in [6.45, 7) is 11.1. The molecule has 0 aliphatic carbocycles. The Balaban J connectivity index is 2.31. The second-order valence-electron chi connectivity index (χ2n) is 6.93. The standard InChI is InChI=1S/C17H26N4/c1-11-7-13(17(3,4)5)8-12(2)14(11)9-15(18)16-10-19-20-21(16)6/h7-8,10,15H,9,18H2,1-6H3. The maximum atomic E-state index is 6.33. The molecule has 0 aliphatic heterocycles. The molecule has 114 valence electrons. The van der Waals surface area contributed by atoms with E-state index in [0.29, 0.717) is 0 Å². The first-order chi connectivity index (χ1) is 9.70. The predicted octanol–water partition coefficient (Wildman–Crippen LogP) is 2.97. The van der Waals surface area contributed by atoms with Crippen LogP contribution in [0.2, 0.25) is 0 Å². The first-order valence-electron chi connectivity index (χ1n) is 7.41. The lowest BCUT2D eigenvalue weighted by Crippen LogP contribution is -2.19. The van der Waals surface area contributed by atoms with Crippen LogP contribution in [0.3, 0.4) is 0 Å². The monoisotopic (exact) mass is 286 g/mol. The number of rotatable bonds is 3. The summed E-state index contributed by atoms with van der Waals surface area (Å²) in [5.74, 6) is 0. The van der Waals surface area contributed by atoms with Crippen LogP contribution in [0.4, 0.5) is 0 Å². The third-order valence-corrected chi connectivity index (χ3v) is 4.12. The molecular weight excluding hydrogens is 260 g/mol. The lowest BCUT2D eigenvalue weighted by molar-refractivity contribution is 0.586. The fraction of sp³-hybridized carbons (Fsp3) is 0.529. The molecular formula is C17H26N4. The van der Waals surface area contributed by atoms with E-state index >= 15 is 0 Å². The molecule has 0 spiro atoms. The summed E-state index contributed by atoms with van der Waals surface area (Å²) in [6, 6.07) is 4.50. The van der Waals surface area contributed by atoms with Crippen molar-refractivity contribution in [3.8, 4) is 0 Å². The quantitative estimate of drug-likeness (QED) is 0.943. The Morgan fingerprint density at radius 3 is 2.19 bits per heavy atom. The van der Waals surface area contributed by atoms with Crippen molar-refractivity contribution in [2.24, 2.45) is 12.8 Å². The number of aromatic nitrogens is 3. The fourth-order valence-corrected chi connectivity index (χ4v) is 2.71. The number of aryl methyl sites for hydroxylation is 3. The highest BCUT2D eigenvalue weighted by atomic mass is 15.4. The van der Waals surface area contributed by atoms with E-state index in [-0.39, 0.29) is 11.5 Å². The Hall–Kier alpha value is -1.68. The van der Waals surface area contributed by atoms with Crippen molar-refractivity contribution in [2.45, 2.75) is 52.5 Å². The minimum absolute atomic E-state index is 0.0807.